The van der Waals surface area contributed by atoms with Crippen molar-refractivity contribution in [3.8, 4) is 0 Å². The van der Waals surface area contributed by atoms with Gasteiger partial charge in [-0.1, -0.05) is 37.3 Å². The Morgan fingerprint density at radius 2 is 1.79 bits per heavy atom. The van der Waals surface area contributed by atoms with Crippen LogP contribution in [0.15, 0.2) is 30.3 Å². The van der Waals surface area contributed by atoms with E-state index < -0.39 is 5.79 Å². The quantitative estimate of drug-likeness (QED) is 0.834. The fourth-order valence-corrected chi connectivity index (χ4v) is 2.41. The maximum Gasteiger partial charge on any atom is 0.163 e. The predicted molar refractivity (Wildman–Crippen MR) is 74.8 cm³/mol. The Balaban J connectivity index is 1.84. The molecule has 0 aliphatic carbocycles. The smallest absolute Gasteiger partial charge is 0.163 e. The van der Waals surface area contributed by atoms with Gasteiger partial charge in [-0.15, -0.1) is 0 Å². The normalized spacial score (nSPS) is 30.2. The molecule has 3 atom stereocenters. The van der Waals surface area contributed by atoms with Gasteiger partial charge in [0.25, 0.3) is 0 Å². The van der Waals surface area contributed by atoms with Crippen LogP contribution in [0, 0.1) is 5.92 Å². The molecule has 1 aliphatic rings. The van der Waals surface area contributed by atoms with E-state index in [1.165, 1.54) is 5.56 Å². The lowest BCUT2D eigenvalue weighted by molar-refractivity contribution is -0.321. The van der Waals surface area contributed by atoms with Gasteiger partial charge >= 0.3 is 0 Å². The average molecular weight is 264 g/mol. The third kappa shape index (κ3) is 4.03. The van der Waals surface area contributed by atoms with Crippen molar-refractivity contribution in [2.75, 3.05) is 6.61 Å². The predicted octanol–water partition coefficient (Wildman–Crippen LogP) is 3.38. The first-order valence-electron chi connectivity index (χ1n) is 6.95. The minimum absolute atomic E-state index is 0.0856. The minimum Gasteiger partial charge on any atom is -0.374 e. The van der Waals surface area contributed by atoms with E-state index in [1.807, 2.05) is 32.0 Å². The first kappa shape index (κ1) is 14.5. The van der Waals surface area contributed by atoms with Crippen LogP contribution in [-0.2, 0) is 20.8 Å². The van der Waals surface area contributed by atoms with Crippen LogP contribution in [0.3, 0.4) is 0 Å². The number of rotatable bonds is 4. The molecule has 0 aromatic heterocycles. The molecule has 3 nitrogen and oxygen atoms in total. The molecule has 1 aromatic rings. The highest BCUT2D eigenvalue weighted by Crippen LogP contribution is 2.30. The fraction of sp³-hybridized carbons (Fsp3) is 0.625. The molecule has 1 heterocycles. The molecular formula is C16H24O3. The highest BCUT2D eigenvalue weighted by Gasteiger charge is 2.38. The topological polar surface area (TPSA) is 27.7 Å². The molecule has 0 unspecified atom stereocenters. The summed E-state index contributed by atoms with van der Waals surface area (Å²) in [5.74, 6) is -0.184. The van der Waals surface area contributed by atoms with Crippen LogP contribution < -0.4 is 0 Å². The van der Waals surface area contributed by atoms with Crippen LogP contribution in [0.5, 0.6) is 0 Å². The minimum atomic E-state index is -0.521. The van der Waals surface area contributed by atoms with Crippen LogP contribution in [0.1, 0.15) is 33.3 Å². The van der Waals surface area contributed by atoms with Crippen molar-refractivity contribution in [2.45, 2.75) is 52.3 Å². The van der Waals surface area contributed by atoms with Gasteiger partial charge < -0.3 is 14.2 Å². The van der Waals surface area contributed by atoms with Crippen molar-refractivity contribution < 1.29 is 14.2 Å². The monoisotopic (exact) mass is 264 g/mol. The Labute approximate surface area is 115 Å². The molecule has 0 bridgehead atoms. The molecule has 1 aliphatic heterocycles. The maximum atomic E-state index is 5.95. The summed E-state index contributed by atoms with van der Waals surface area (Å²) in [7, 11) is 0. The first-order chi connectivity index (χ1) is 8.98. The van der Waals surface area contributed by atoms with Crippen molar-refractivity contribution in [3.63, 3.8) is 0 Å². The van der Waals surface area contributed by atoms with Crippen LogP contribution in [-0.4, -0.2) is 24.6 Å². The van der Waals surface area contributed by atoms with Crippen molar-refractivity contribution in [1.82, 2.24) is 0 Å². The van der Waals surface area contributed by atoms with Gasteiger partial charge in [-0.05, 0) is 26.3 Å². The number of ether oxygens (including phenoxy) is 3. The average Bonchev–Trinajstić information content (AvgIpc) is 2.36. The van der Waals surface area contributed by atoms with Gasteiger partial charge in [0.1, 0.15) is 0 Å². The van der Waals surface area contributed by atoms with Crippen molar-refractivity contribution in [3.05, 3.63) is 35.9 Å². The summed E-state index contributed by atoms with van der Waals surface area (Å²) in [6, 6.07) is 10.2. The molecule has 0 radical (unpaired) electrons. The molecule has 1 saturated heterocycles. The van der Waals surface area contributed by atoms with Gasteiger partial charge in [-0.25, -0.2) is 0 Å². The lowest BCUT2D eigenvalue weighted by Crippen LogP contribution is -2.50. The zero-order chi connectivity index (χ0) is 13.9. The molecule has 106 valence electrons. The van der Waals surface area contributed by atoms with Gasteiger partial charge in [0.05, 0.1) is 25.4 Å². The van der Waals surface area contributed by atoms with Crippen LogP contribution in [0.2, 0.25) is 0 Å². The van der Waals surface area contributed by atoms with Gasteiger partial charge in [-0.2, -0.15) is 0 Å². The molecule has 0 amide bonds. The summed E-state index contributed by atoms with van der Waals surface area (Å²) >= 11 is 0. The van der Waals surface area contributed by atoms with Crippen LogP contribution in [0.25, 0.3) is 0 Å². The Morgan fingerprint density at radius 1 is 1.11 bits per heavy atom. The molecular weight excluding hydrogens is 240 g/mol. The standard InChI is InChI=1S/C16H24O3/c1-12-13(2)18-16(3,4)19-15(12)11-17-10-14-8-6-5-7-9-14/h5-9,12-13,15H,10-11H2,1-4H3/t12-,13+,15-/m1/s1. The highest BCUT2D eigenvalue weighted by molar-refractivity contribution is 5.13. The van der Waals surface area contributed by atoms with E-state index in [0.29, 0.717) is 19.1 Å². The lowest BCUT2D eigenvalue weighted by atomic mass is 9.97. The van der Waals surface area contributed by atoms with Gasteiger partial charge in [0, 0.05) is 5.92 Å². The Morgan fingerprint density at radius 3 is 2.47 bits per heavy atom. The lowest BCUT2D eigenvalue weighted by Gasteiger charge is -2.43. The maximum absolute atomic E-state index is 5.95. The summed E-state index contributed by atoms with van der Waals surface area (Å²) in [6.45, 7) is 9.39. The molecule has 0 saturated carbocycles. The Kier molecular flexibility index (Phi) is 4.61. The largest absolute Gasteiger partial charge is 0.374 e. The molecule has 0 N–H and O–H groups in total. The molecule has 1 fully saturated rings. The van der Waals surface area contributed by atoms with Crippen molar-refractivity contribution in [1.29, 1.82) is 0 Å². The Hall–Kier alpha value is -0.900. The van der Waals surface area contributed by atoms with E-state index >= 15 is 0 Å². The van der Waals surface area contributed by atoms with Gasteiger partial charge in [-0.3, -0.25) is 0 Å². The van der Waals surface area contributed by atoms with Crippen LogP contribution in [0.4, 0.5) is 0 Å². The zero-order valence-electron chi connectivity index (χ0n) is 12.3. The molecule has 0 spiro atoms. The van der Waals surface area contributed by atoms with E-state index in [1.54, 1.807) is 0 Å². The third-order valence-corrected chi connectivity index (χ3v) is 3.63. The second-order valence-electron chi connectivity index (χ2n) is 5.74. The summed E-state index contributed by atoms with van der Waals surface area (Å²) in [5.41, 5.74) is 1.19. The third-order valence-electron chi connectivity index (χ3n) is 3.63. The van der Waals surface area contributed by atoms with E-state index in [-0.39, 0.29) is 12.2 Å². The van der Waals surface area contributed by atoms with Crippen molar-refractivity contribution in [2.24, 2.45) is 5.92 Å². The summed E-state index contributed by atoms with van der Waals surface area (Å²) in [6.07, 6.45) is 0.275. The fourth-order valence-electron chi connectivity index (χ4n) is 2.41. The van der Waals surface area contributed by atoms with Crippen molar-refractivity contribution >= 4 is 0 Å². The summed E-state index contributed by atoms with van der Waals surface area (Å²) < 4.78 is 17.5. The molecule has 19 heavy (non-hydrogen) atoms. The number of hydrogen-bond acceptors (Lipinski definition) is 3. The summed E-state index contributed by atoms with van der Waals surface area (Å²) in [5, 5.41) is 0. The van der Waals surface area contributed by atoms with Gasteiger partial charge in [0.15, 0.2) is 5.79 Å². The molecule has 1 aromatic carbocycles. The van der Waals surface area contributed by atoms with E-state index in [0.717, 1.165) is 0 Å². The second-order valence-corrected chi connectivity index (χ2v) is 5.74. The number of benzene rings is 1. The SMILES string of the molecule is C[C@@H]1[C@H](C)OC(C)(C)O[C@@H]1COCc1ccccc1. The van der Waals surface area contributed by atoms with Gasteiger partial charge in [0.2, 0.25) is 0 Å². The highest BCUT2D eigenvalue weighted by atomic mass is 16.7. The van der Waals surface area contributed by atoms with E-state index in [9.17, 15) is 0 Å². The second kappa shape index (κ2) is 6.04. The Bertz CT molecular complexity index is 388. The molecule has 2 rings (SSSR count). The van der Waals surface area contributed by atoms with E-state index in [4.69, 9.17) is 14.2 Å². The molecule has 3 heteroatoms. The van der Waals surface area contributed by atoms with E-state index in [2.05, 4.69) is 26.0 Å². The number of hydrogen-bond donors (Lipinski definition) is 0. The zero-order valence-corrected chi connectivity index (χ0v) is 12.3. The van der Waals surface area contributed by atoms with Crippen LogP contribution >= 0.6 is 0 Å². The first-order valence-corrected chi connectivity index (χ1v) is 6.95. The summed E-state index contributed by atoms with van der Waals surface area (Å²) in [4.78, 5) is 0.